The van der Waals surface area contributed by atoms with Crippen molar-refractivity contribution in [3.8, 4) is 11.1 Å². The summed E-state index contributed by atoms with van der Waals surface area (Å²) >= 11 is 0. The number of furan rings is 1. The maximum Gasteiger partial charge on any atom is 0.420 e. The molecule has 1 aliphatic rings. The van der Waals surface area contributed by atoms with Crippen molar-refractivity contribution in [3.05, 3.63) is 89.3 Å². The van der Waals surface area contributed by atoms with Crippen LogP contribution in [-0.2, 0) is 17.4 Å². The minimum Gasteiger partial charge on any atom is -0.460 e. The zero-order valence-electron chi connectivity index (χ0n) is 22.8. The average molecular weight is 599 g/mol. The Morgan fingerprint density at radius 2 is 1.74 bits per heavy atom. The summed E-state index contributed by atoms with van der Waals surface area (Å²) in [5.41, 5.74) is 5.90. The standard InChI is InChI=1S/C31H27F5N4O3/c32-30(33)10-13-40(14-11-30)29(42)21-5-3-20(4-6-21)22-15-23-16-24(43-28(23)25(17-22)31(34,35)36)9-12-38-27(41)8-2-19-1-7-26(37)39-18-19/h1-8,15-18H,9-14H2,(H2,37,39)(H,38,41). The number of hydrogen-bond donors (Lipinski definition) is 2. The van der Waals surface area contributed by atoms with Crippen molar-refractivity contribution in [3.63, 3.8) is 0 Å². The molecule has 2 amide bonds. The van der Waals surface area contributed by atoms with Crippen LogP contribution in [-0.4, -0.2) is 47.3 Å². The van der Waals surface area contributed by atoms with Gasteiger partial charge in [-0.2, -0.15) is 13.2 Å². The molecule has 2 aromatic carbocycles. The molecule has 0 radical (unpaired) electrons. The van der Waals surface area contributed by atoms with Crippen LogP contribution in [0.25, 0.3) is 28.2 Å². The Kier molecular flexibility index (Phi) is 8.21. The van der Waals surface area contributed by atoms with Crippen LogP contribution in [0, 0.1) is 0 Å². The van der Waals surface area contributed by atoms with Gasteiger partial charge in [-0.3, -0.25) is 9.59 Å². The van der Waals surface area contributed by atoms with Crippen LogP contribution in [0.5, 0.6) is 0 Å². The third-order valence-electron chi connectivity index (χ3n) is 7.13. The summed E-state index contributed by atoms with van der Waals surface area (Å²) in [5, 5.41) is 2.89. The topological polar surface area (TPSA) is 101 Å². The second-order valence-corrected chi connectivity index (χ2v) is 10.3. The number of fused-ring (bicyclic) bond motifs is 1. The molecule has 43 heavy (non-hydrogen) atoms. The van der Waals surface area contributed by atoms with Crippen LogP contribution in [0.4, 0.5) is 27.8 Å². The van der Waals surface area contributed by atoms with E-state index in [2.05, 4.69) is 10.3 Å². The lowest BCUT2D eigenvalue weighted by atomic mass is 9.98. The molecular formula is C31H27F5N4O3. The number of nitrogens with two attached hydrogens (primary N) is 1. The Labute approximate surface area is 243 Å². The lowest BCUT2D eigenvalue weighted by molar-refractivity contribution is -0.136. The molecule has 3 N–H and O–H groups in total. The number of piperidine rings is 1. The molecule has 5 rings (SSSR count). The first kappa shape index (κ1) is 29.7. The molecule has 7 nitrogen and oxygen atoms in total. The van der Waals surface area contributed by atoms with Crippen LogP contribution in [0.3, 0.4) is 0 Å². The third kappa shape index (κ3) is 7.19. The van der Waals surface area contributed by atoms with Crippen molar-refractivity contribution in [2.75, 3.05) is 25.4 Å². The van der Waals surface area contributed by atoms with Crippen molar-refractivity contribution in [1.29, 1.82) is 0 Å². The van der Waals surface area contributed by atoms with Gasteiger partial charge in [0.1, 0.15) is 17.2 Å². The number of nitrogens with zero attached hydrogens (tertiary/aromatic N) is 2. The number of pyridine rings is 1. The van der Waals surface area contributed by atoms with E-state index < -0.39 is 42.3 Å². The Bertz CT molecular complexity index is 1650. The number of hydrogen-bond acceptors (Lipinski definition) is 5. The molecule has 1 fully saturated rings. The smallest absolute Gasteiger partial charge is 0.420 e. The summed E-state index contributed by atoms with van der Waals surface area (Å²) in [6.45, 7) is -0.00516. The van der Waals surface area contributed by atoms with Gasteiger partial charge < -0.3 is 20.4 Å². The van der Waals surface area contributed by atoms with E-state index in [0.717, 1.165) is 6.07 Å². The second-order valence-electron chi connectivity index (χ2n) is 10.3. The van der Waals surface area contributed by atoms with E-state index >= 15 is 0 Å². The predicted octanol–water partition coefficient (Wildman–Crippen LogP) is 6.34. The Morgan fingerprint density at radius 1 is 1.02 bits per heavy atom. The molecular weight excluding hydrogens is 571 g/mol. The number of rotatable bonds is 7. The molecule has 4 aromatic rings. The van der Waals surface area contributed by atoms with E-state index in [1.807, 2.05) is 0 Å². The van der Waals surface area contributed by atoms with Crippen LogP contribution in [0.1, 0.15) is 40.1 Å². The molecule has 0 aliphatic carbocycles. The van der Waals surface area contributed by atoms with Gasteiger partial charge in [0.05, 0.1) is 5.56 Å². The molecule has 1 aliphatic heterocycles. The molecule has 3 heterocycles. The van der Waals surface area contributed by atoms with Gasteiger partial charge in [0.15, 0.2) is 0 Å². The molecule has 2 aromatic heterocycles. The Morgan fingerprint density at radius 3 is 2.40 bits per heavy atom. The first-order chi connectivity index (χ1) is 20.4. The van der Waals surface area contributed by atoms with Crippen LogP contribution in [0.2, 0.25) is 0 Å². The first-order valence-electron chi connectivity index (χ1n) is 13.5. The van der Waals surface area contributed by atoms with Crippen molar-refractivity contribution in [2.24, 2.45) is 0 Å². The Balaban J connectivity index is 1.29. The van der Waals surface area contributed by atoms with E-state index in [-0.39, 0.29) is 53.9 Å². The average Bonchev–Trinajstić information content (AvgIpc) is 3.38. The number of carbonyl (C=O) groups is 2. The fourth-order valence-corrected chi connectivity index (χ4v) is 4.79. The SMILES string of the molecule is Nc1ccc(C=CC(=O)NCCc2cc3cc(-c4ccc(C(=O)N5CCC(F)(F)CC5)cc4)cc(C(F)(F)F)c3o2)cn1. The molecule has 1 saturated heterocycles. The van der Waals surface area contributed by atoms with Gasteiger partial charge in [0.25, 0.3) is 11.8 Å². The number of likely N-dealkylation sites (tertiary alicyclic amines) is 1. The highest BCUT2D eigenvalue weighted by molar-refractivity contribution is 5.95. The fraction of sp³-hybridized carbons (Fsp3) is 0.258. The number of nitrogens with one attached hydrogen (secondary N) is 1. The number of anilines is 1. The Hall–Kier alpha value is -4.74. The van der Waals surface area contributed by atoms with E-state index in [1.165, 1.54) is 47.5 Å². The van der Waals surface area contributed by atoms with Crippen molar-refractivity contribution < 1.29 is 36.0 Å². The van der Waals surface area contributed by atoms with Crippen LogP contribution >= 0.6 is 0 Å². The largest absolute Gasteiger partial charge is 0.460 e. The predicted molar refractivity (Wildman–Crippen MR) is 151 cm³/mol. The minimum absolute atomic E-state index is 0.0657. The van der Waals surface area contributed by atoms with E-state index in [4.69, 9.17) is 10.2 Å². The monoisotopic (exact) mass is 598 g/mol. The molecule has 12 heteroatoms. The summed E-state index contributed by atoms with van der Waals surface area (Å²) in [6.07, 6.45) is -0.989. The maximum atomic E-state index is 14.0. The number of nitrogen functional groups attached to an aromatic ring is 1. The molecule has 0 saturated carbocycles. The van der Waals surface area contributed by atoms with Gasteiger partial charge in [-0.05, 0) is 65.2 Å². The van der Waals surface area contributed by atoms with Gasteiger partial charge in [0.2, 0.25) is 5.91 Å². The van der Waals surface area contributed by atoms with E-state index in [0.29, 0.717) is 16.9 Å². The lowest BCUT2D eigenvalue weighted by Gasteiger charge is -2.31. The van der Waals surface area contributed by atoms with Gasteiger partial charge in [-0.15, -0.1) is 0 Å². The summed E-state index contributed by atoms with van der Waals surface area (Å²) in [4.78, 5) is 30.2. The molecule has 0 atom stereocenters. The number of alkyl halides is 5. The summed E-state index contributed by atoms with van der Waals surface area (Å²) in [7, 11) is 0. The number of halogens is 5. The molecule has 0 bridgehead atoms. The minimum atomic E-state index is -4.70. The fourth-order valence-electron chi connectivity index (χ4n) is 4.79. The lowest BCUT2D eigenvalue weighted by Crippen LogP contribution is -2.42. The quantitative estimate of drug-likeness (QED) is 0.191. The second kappa shape index (κ2) is 11.9. The van der Waals surface area contributed by atoms with Gasteiger partial charge >= 0.3 is 6.18 Å². The zero-order chi connectivity index (χ0) is 30.8. The van der Waals surface area contributed by atoms with Crippen molar-refractivity contribution in [1.82, 2.24) is 15.2 Å². The zero-order valence-corrected chi connectivity index (χ0v) is 22.8. The van der Waals surface area contributed by atoms with Crippen LogP contribution < -0.4 is 11.1 Å². The number of benzene rings is 2. The first-order valence-corrected chi connectivity index (χ1v) is 13.5. The molecule has 0 unspecified atom stereocenters. The summed E-state index contributed by atoms with van der Waals surface area (Å²) < 4.78 is 74.5. The van der Waals surface area contributed by atoms with Gasteiger partial charge in [-0.1, -0.05) is 12.1 Å². The third-order valence-corrected chi connectivity index (χ3v) is 7.13. The highest BCUT2D eigenvalue weighted by Crippen LogP contribution is 2.39. The van der Waals surface area contributed by atoms with Gasteiger partial charge in [-0.25, -0.2) is 13.8 Å². The van der Waals surface area contributed by atoms with E-state index in [1.54, 1.807) is 24.3 Å². The summed E-state index contributed by atoms with van der Waals surface area (Å²) in [5.74, 6) is -2.98. The van der Waals surface area contributed by atoms with Crippen molar-refractivity contribution in [2.45, 2.75) is 31.4 Å². The number of carbonyl (C=O) groups excluding carboxylic acids is 2. The molecule has 0 spiro atoms. The molecule has 224 valence electrons. The maximum absolute atomic E-state index is 14.0. The van der Waals surface area contributed by atoms with Gasteiger partial charge in [0, 0.05) is 62.1 Å². The number of amides is 2. The number of aromatic nitrogens is 1. The van der Waals surface area contributed by atoms with E-state index in [9.17, 15) is 31.5 Å². The summed E-state index contributed by atoms with van der Waals surface area (Å²) in [6, 6.07) is 13.3. The van der Waals surface area contributed by atoms with Crippen molar-refractivity contribution >= 4 is 34.7 Å². The van der Waals surface area contributed by atoms with Crippen LogP contribution in [0.15, 0.2) is 71.3 Å². The highest BCUT2D eigenvalue weighted by Gasteiger charge is 2.36. The normalized spacial score (nSPS) is 15.2. The highest BCUT2D eigenvalue weighted by atomic mass is 19.4.